The maximum atomic E-state index is 2.54. The first kappa shape index (κ1) is 26.2. The highest BCUT2D eigenvalue weighted by atomic mass is 15.1. The molecule has 0 saturated carbocycles. The van der Waals surface area contributed by atoms with E-state index in [-0.39, 0.29) is 0 Å². The standard InChI is InChI=1S/C27H53N2/c1-4-7-9-10-11-12-13-14-15-16-17-18-19-20-22-27-28(23-6-3)25-26-29(27)24-21-8-5-2/h25-26H,4-24H2,1-3H3/q+1. The lowest BCUT2D eigenvalue weighted by Crippen LogP contribution is -2.37. The summed E-state index contributed by atoms with van der Waals surface area (Å²) in [6.07, 6.45) is 31.3. The molecular formula is C27H53N2+. The summed E-state index contributed by atoms with van der Waals surface area (Å²) in [5.41, 5.74) is 0. The van der Waals surface area contributed by atoms with Gasteiger partial charge in [-0.15, -0.1) is 0 Å². The molecule has 0 aliphatic rings. The lowest BCUT2D eigenvalue weighted by molar-refractivity contribution is -0.703. The van der Waals surface area contributed by atoms with Gasteiger partial charge in [0.25, 0.3) is 5.82 Å². The van der Waals surface area contributed by atoms with Crippen molar-refractivity contribution >= 4 is 0 Å². The summed E-state index contributed by atoms with van der Waals surface area (Å²) in [6.45, 7) is 9.27. The van der Waals surface area contributed by atoms with E-state index in [2.05, 4.69) is 42.3 Å². The van der Waals surface area contributed by atoms with Crippen molar-refractivity contribution in [1.29, 1.82) is 0 Å². The molecule has 0 atom stereocenters. The van der Waals surface area contributed by atoms with Crippen LogP contribution in [0.25, 0.3) is 0 Å². The molecule has 0 N–H and O–H groups in total. The van der Waals surface area contributed by atoms with E-state index >= 15 is 0 Å². The molecule has 0 aliphatic heterocycles. The molecular weight excluding hydrogens is 352 g/mol. The predicted octanol–water partition coefficient (Wildman–Crippen LogP) is 8.40. The Morgan fingerprint density at radius 3 is 1.59 bits per heavy atom. The first-order chi connectivity index (χ1) is 14.3. The Morgan fingerprint density at radius 1 is 0.586 bits per heavy atom. The van der Waals surface area contributed by atoms with Gasteiger partial charge in [0.2, 0.25) is 0 Å². The number of nitrogens with zero attached hydrogens (tertiary/aromatic N) is 2. The van der Waals surface area contributed by atoms with E-state index in [1.807, 2.05) is 0 Å². The Labute approximate surface area is 183 Å². The fourth-order valence-corrected chi connectivity index (χ4v) is 4.44. The normalized spacial score (nSPS) is 11.4. The van der Waals surface area contributed by atoms with Gasteiger partial charge >= 0.3 is 0 Å². The highest BCUT2D eigenvalue weighted by Crippen LogP contribution is 2.14. The highest BCUT2D eigenvalue weighted by Gasteiger charge is 2.15. The minimum absolute atomic E-state index is 1.18. The number of unbranched alkanes of at least 4 members (excludes halogenated alkanes) is 15. The first-order valence-corrected chi connectivity index (χ1v) is 13.4. The van der Waals surface area contributed by atoms with E-state index in [4.69, 9.17) is 0 Å². The molecule has 1 aromatic rings. The first-order valence-electron chi connectivity index (χ1n) is 13.4. The zero-order valence-electron chi connectivity index (χ0n) is 20.4. The van der Waals surface area contributed by atoms with E-state index in [0.29, 0.717) is 0 Å². The van der Waals surface area contributed by atoms with Crippen molar-refractivity contribution in [3.05, 3.63) is 18.2 Å². The molecule has 1 heterocycles. The van der Waals surface area contributed by atoms with E-state index in [0.717, 1.165) is 0 Å². The molecule has 0 unspecified atom stereocenters. The Hall–Kier alpha value is -0.790. The Morgan fingerprint density at radius 2 is 1.07 bits per heavy atom. The van der Waals surface area contributed by atoms with Gasteiger partial charge in [-0.3, -0.25) is 0 Å². The maximum Gasteiger partial charge on any atom is 0.256 e. The van der Waals surface area contributed by atoms with Crippen molar-refractivity contribution in [2.45, 2.75) is 156 Å². The lowest BCUT2D eigenvalue weighted by Gasteiger charge is -2.06. The summed E-state index contributed by atoms with van der Waals surface area (Å²) < 4.78 is 5.04. The van der Waals surface area contributed by atoms with Crippen LogP contribution in [0.3, 0.4) is 0 Å². The molecule has 1 rings (SSSR count). The van der Waals surface area contributed by atoms with Crippen molar-refractivity contribution < 1.29 is 4.57 Å². The second-order valence-corrected chi connectivity index (χ2v) is 9.15. The molecule has 0 bridgehead atoms. The topological polar surface area (TPSA) is 8.81 Å². The summed E-state index contributed by atoms with van der Waals surface area (Å²) >= 11 is 0. The van der Waals surface area contributed by atoms with Crippen LogP contribution in [-0.2, 0) is 19.5 Å². The fraction of sp³-hybridized carbons (Fsp3) is 0.889. The number of imidazole rings is 1. The number of aromatic nitrogens is 2. The van der Waals surface area contributed by atoms with Gasteiger partial charge in [0.1, 0.15) is 12.4 Å². The van der Waals surface area contributed by atoms with Crippen LogP contribution in [0.2, 0.25) is 0 Å². The molecule has 2 nitrogen and oxygen atoms in total. The third-order valence-electron chi connectivity index (χ3n) is 6.31. The van der Waals surface area contributed by atoms with Gasteiger partial charge in [0.05, 0.1) is 13.1 Å². The number of aryl methyl sites for hydroxylation is 2. The van der Waals surface area contributed by atoms with Gasteiger partial charge in [0, 0.05) is 6.42 Å². The van der Waals surface area contributed by atoms with Gasteiger partial charge < -0.3 is 0 Å². The summed E-state index contributed by atoms with van der Waals surface area (Å²) in [5.74, 6) is 1.57. The van der Waals surface area contributed by atoms with Crippen LogP contribution in [0.5, 0.6) is 0 Å². The third kappa shape index (κ3) is 13.2. The van der Waals surface area contributed by atoms with Crippen LogP contribution in [-0.4, -0.2) is 4.57 Å². The molecule has 2 heteroatoms. The van der Waals surface area contributed by atoms with E-state index in [1.54, 1.807) is 5.82 Å². The Kier molecular flexibility index (Phi) is 17.4. The largest absolute Gasteiger partial charge is 0.256 e. The quantitative estimate of drug-likeness (QED) is 0.143. The van der Waals surface area contributed by atoms with Gasteiger partial charge in [-0.25, -0.2) is 9.13 Å². The van der Waals surface area contributed by atoms with Crippen LogP contribution in [0.1, 0.15) is 142 Å². The van der Waals surface area contributed by atoms with E-state index in [1.165, 1.54) is 135 Å². The highest BCUT2D eigenvalue weighted by molar-refractivity contribution is 4.84. The van der Waals surface area contributed by atoms with Gasteiger partial charge in [-0.2, -0.15) is 0 Å². The van der Waals surface area contributed by atoms with Crippen molar-refractivity contribution in [2.24, 2.45) is 0 Å². The molecule has 0 aromatic carbocycles. The summed E-state index contributed by atoms with van der Waals surface area (Å²) in [7, 11) is 0. The molecule has 0 amide bonds. The number of hydrogen-bond donors (Lipinski definition) is 0. The molecule has 0 fully saturated rings. The summed E-state index contributed by atoms with van der Waals surface area (Å²) in [5, 5.41) is 0. The van der Waals surface area contributed by atoms with Crippen molar-refractivity contribution in [3.8, 4) is 0 Å². The fourth-order valence-electron chi connectivity index (χ4n) is 4.44. The zero-order valence-corrected chi connectivity index (χ0v) is 20.4. The second-order valence-electron chi connectivity index (χ2n) is 9.15. The SMILES string of the molecule is CCCCCCCCCCCCCCCCc1n(CCCCC)cc[n+]1CCC. The molecule has 170 valence electrons. The predicted molar refractivity (Wildman–Crippen MR) is 128 cm³/mol. The molecule has 0 spiro atoms. The summed E-state index contributed by atoms with van der Waals surface area (Å²) in [6, 6.07) is 0. The van der Waals surface area contributed by atoms with E-state index in [9.17, 15) is 0 Å². The third-order valence-corrected chi connectivity index (χ3v) is 6.31. The van der Waals surface area contributed by atoms with Crippen LogP contribution in [0.4, 0.5) is 0 Å². The van der Waals surface area contributed by atoms with Crippen molar-refractivity contribution in [1.82, 2.24) is 4.57 Å². The van der Waals surface area contributed by atoms with E-state index < -0.39 is 0 Å². The molecule has 29 heavy (non-hydrogen) atoms. The Balaban J connectivity index is 2.06. The number of rotatable bonds is 21. The second kappa shape index (κ2) is 19.2. The average Bonchev–Trinajstić information content (AvgIpc) is 3.10. The minimum Gasteiger partial charge on any atom is -0.234 e. The van der Waals surface area contributed by atoms with Crippen molar-refractivity contribution in [3.63, 3.8) is 0 Å². The summed E-state index contributed by atoms with van der Waals surface area (Å²) in [4.78, 5) is 0. The van der Waals surface area contributed by atoms with Crippen LogP contribution >= 0.6 is 0 Å². The average molecular weight is 406 g/mol. The smallest absolute Gasteiger partial charge is 0.234 e. The molecule has 1 aromatic heterocycles. The maximum absolute atomic E-state index is 2.54. The molecule has 0 saturated heterocycles. The molecule has 0 radical (unpaired) electrons. The monoisotopic (exact) mass is 405 g/mol. The van der Waals surface area contributed by atoms with Crippen LogP contribution < -0.4 is 4.57 Å². The number of hydrogen-bond acceptors (Lipinski definition) is 0. The minimum atomic E-state index is 1.18. The van der Waals surface area contributed by atoms with Gasteiger partial charge in [-0.1, -0.05) is 111 Å². The zero-order chi connectivity index (χ0) is 21.0. The van der Waals surface area contributed by atoms with Crippen LogP contribution in [0, 0.1) is 0 Å². The van der Waals surface area contributed by atoms with Crippen LogP contribution in [0.15, 0.2) is 12.4 Å². The van der Waals surface area contributed by atoms with Crippen molar-refractivity contribution in [2.75, 3.05) is 0 Å². The lowest BCUT2D eigenvalue weighted by atomic mass is 10.0. The van der Waals surface area contributed by atoms with Gasteiger partial charge in [0.15, 0.2) is 0 Å². The Bertz CT molecular complexity index is 463. The molecule has 0 aliphatic carbocycles. The van der Waals surface area contributed by atoms with Gasteiger partial charge in [-0.05, 0) is 25.7 Å².